The first-order valence-corrected chi connectivity index (χ1v) is 31.7. The van der Waals surface area contributed by atoms with Gasteiger partial charge in [-0.15, -0.1) is 57.7 Å². The normalized spacial score (nSPS) is 16.7. The van der Waals surface area contributed by atoms with Crippen LogP contribution in [0.2, 0.25) is 36.3 Å². The van der Waals surface area contributed by atoms with Crippen LogP contribution in [0.1, 0.15) is 109 Å². The summed E-state index contributed by atoms with van der Waals surface area (Å²) in [6, 6.07) is 22.6. The fourth-order valence-electron chi connectivity index (χ4n) is 7.22. The zero-order valence-electron chi connectivity index (χ0n) is 35.0. The van der Waals surface area contributed by atoms with Crippen molar-refractivity contribution in [3.63, 3.8) is 0 Å². The number of fused-ring (bicyclic) bond motifs is 2. The van der Waals surface area contributed by atoms with Crippen LogP contribution in [-0.4, -0.2) is 16.6 Å². The Morgan fingerprint density at radius 2 is 0.909 bits per heavy atom. The third-order valence-corrected chi connectivity index (χ3v) is 21.2. The minimum absolute atomic E-state index is 0.167. The van der Waals surface area contributed by atoms with Gasteiger partial charge in [0, 0.05) is 0 Å². The van der Waals surface area contributed by atoms with Gasteiger partial charge in [-0.3, -0.25) is 0 Å². The van der Waals surface area contributed by atoms with Gasteiger partial charge in [0.2, 0.25) is 16.6 Å². The van der Waals surface area contributed by atoms with Gasteiger partial charge < -0.3 is 8.85 Å². The molecule has 2 aliphatic carbocycles. The molecular formula is C48H60Cl2O2Si2Zr. The Morgan fingerprint density at radius 3 is 1.22 bits per heavy atom. The van der Waals surface area contributed by atoms with Crippen LogP contribution in [0.3, 0.4) is 0 Å². The van der Waals surface area contributed by atoms with E-state index in [-0.39, 0.29) is 21.9 Å². The van der Waals surface area contributed by atoms with Crippen LogP contribution in [0.5, 0.6) is 11.5 Å². The molecule has 0 spiro atoms. The Bertz CT molecular complexity index is 1900. The topological polar surface area (TPSA) is 18.5 Å². The van der Waals surface area contributed by atoms with Crippen LogP contribution in [0, 0.1) is 13.8 Å². The van der Waals surface area contributed by atoms with Crippen LogP contribution < -0.4 is 8.85 Å². The van der Waals surface area contributed by atoms with E-state index >= 15 is 0 Å². The number of benzene rings is 2. The quantitative estimate of drug-likeness (QED) is 0.123. The molecule has 2 unspecified atom stereocenters. The summed E-state index contributed by atoms with van der Waals surface area (Å²) in [6.07, 6.45) is 20.3. The summed E-state index contributed by atoms with van der Waals surface area (Å²) in [7, 11) is 6.08. The van der Waals surface area contributed by atoms with Crippen molar-refractivity contribution in [2.24, 2.45) is 0 Å². The van der Waals surface area contributed by atoms with Crippen LogP contribution >= 0.6 is 17.0 Å². The van der Waals surface area contributed by atoms with Gasteiger partial charge in [-0.1, -0.05) is 117 Å². The molecule has 0 bridgehead atoms. The molecule has 2 nitrogen and oxygen atoms in total. The van der Waals surface area contributed by atoms with Crippen molar-refractivity contribution in [2.45, 2.75) is 116 Å². The summed E-state index contributed by atoms with van der Waals surface area (Å²) in [5.74, 6) is 2.39. The van der Waals surface area contributed by atoms with Crippen molar-refractivity contribution in [2.75, 3.05) is 0 Å². The first-order valence-electron chi connectivity index (χ1n) is 19.6. The van der Waals surface area contributed by atoms with E-state index in [1.165, 1.54) is 55.6 Å². The zero-order valence-corrected chi connectivity index (χ0v) is 41.0. The van der Waals surface area contributed by atoms with Crippen molar-refractivity contribution in [1.82, 2.24) is 0 Å². The maximum absolute atomic E-state index is 6.61. The van der Waals surface area contributed by atoms with Gasteiger partial charge in [0.05, 0.1) is 0 Å². The molecule has 7 heteroatoms. The van der Waals surface area contributed by atoms with Crippen molar-refractivity contribution < 1.29 is 29.7 Å². The molecule has 0 amide bonds. The monoisotopic (exact) mass is 884 g/mol. The first-order chi connectivity index (χ1) is 25.8. The number of aryl methyl sites for hydroxylation is 2. The van der Waals surface area contributed by atoms with E-state index in [0.29, 0.717) is 0 Å². The number of hydrogen-bond donors (Lipinski definition) is 0. The van der Waals surface area contributed by atoms with Gasteiger partial charge in [0.15, 0.2) is 0 Å². The molecule has 0 saturated carbocycles. The first kappa shape index (κ1) is 43.7. The summed E-state index contributed by atoms with van der Waals surface area (Å²) in [5, 5.41) is 0.334. The van der Waals surface area contributed by atoms with E-state index in [1.54, 1.807) is 0 Å². The Labute approximate surface area is 353 Å². The third-order valence-electron chi connectivity index (χ3n) is 12.5. The second kappa shape index (κ2) is 17.6. The van der Waals surface area contributed by atoms with Gasteiger partial charge in [-0.05, 0) is 83.5 Å². The van der Waals surface area contributed by atoms with E-state index < -0.39 is 37.5 Å². The predicted molar refractivity (Wildman–Crippen MR) is 241 cm³/mol. The molecule has 6 rings (SSSR count). The van der Waals surface area contributed by atoms with Crippen molar-refractivity contribution in [1.29, 1.82) is 0 Å². The molecule has 0 radical (unpaired) electrons. The average molecular weight is 887 g/mol. The van der Waals surface area contributed by atoms with E-state index in [4.69, 9.17) is 25.9 Å². The van der Waals surface area contributed by atoms with E-state index in [2.05, 4.69) is 191 Å². The summed E-state index contributed by atoms with van der Waals surface area (Å²) in [5.41, 5.74) is 13.9. The second-order valence-electron chi connectivity index (χ2n) is 18.2. The Kier molecular flexibility index (Phi) is 14.0. The predicted octanol–water partition coefficient (Wildman–Crippen LogP) is 15.1. The van der Waals surface area contributed by atoms with Crippen molar-refractivity contribution in [3.8, 4) is 11.5 Å². The minimum atomic E-state index is -1.89. The number of allylic oxidation sites excluding steroid dienone is 6. The summed E-state index contributed by atoms with van der Waals surface area (Å²) < 4.78 is 13.2. The molecule has 0 heterocycles. The van der Waals surface area contributed by atoms with Gasteiger partial charge in [0.1, 0.15) is 11.5 Å². The fraction of sp³-hybridized carbons (Fsp3) is 0.375. The molecule has 0 N–H and O–H groups in total. The van der Waals surface area contributed by atoms with E-state index in [9.17, 15) is 0 Å². The summed E-state index contributed by atoms with van der Waals surface area (Å²) in [6.45, 7) is 27.6. The summed E-state index contributed by atoms with van der Waals surface area (Å²) in [4.78, 5) is 0. The van der Waals surface area contributed by atoms with E-state index in [0.717, 1.165) is 24.3 Å². The summed E-state index contributed by atoms with van der Waals surface area (Å²) >= 11 is -0.826. The van der Waals surface area contributed by atoms with Gasteiger partial charge in [-0.2, -0.15) is 23.3 Å². The van der Waals surface area contributed by atoms with E-state index in [1.807, 2.05) is 0 Å². The Morgan fingerprint density at radius 1 is 0.582 bits per heavy atom. The molecule has 0 aromatic heterocycles. The second-order valence-corrected chi connectivity index (χ2v) is 31.4. The average Bonchev–Trinajstić information content (AvgIpc) is 3.36. The maximum atomic E-state index is 6.61. The molecule has 290 valence electrons. The van der Waals surface area contributed by atoms with Crippen LogP contribution in [0.25, 0.3) is 12.2 Å². The SMILES string of the molecule is Cc1cc2c([c-]1CC[c-]1c(C)cc3c1C=CC=CC3c1ccc(O[Si](C)(C)C(C)(C)C)cc1)C=CC=CC2c1ccc(O[Si](C)(C)C(C)(C)C)cc1.[Cl][Zr+2][Cl]. The number of rotatable bonds is 9. The fourth-order valence-corrected chi connectivity index (χ4v) is 9.28. The Balaban J connectivity index is 0.00000187. The molecular weight excluding hydrogens is 827 g/mol. The molecule has 4 aromatic carbocycles. The third kappa shape index (κ3) is 10.0. The molecule has 4 aromatic rings. The molecule has 2 aliphatic rings. The standard InChI is InChI=1S/C48H60O2Si2.2ClH.Zr/c1-33-31-45-41(35-21-25-37(26-22-35)49-51(9,10)47(3,4)5)17-13-15-19-43(45)39(33)29-30-40-34(2)32-46-42(18-14-16-20-44(40)46)36-23-27-38(28-24-36)50-52(11,12)48(6,7)8;;;/h13-28,31-32,41-42H,29-30H2,1-12H3;2*1H;/q-2;;;+4/p-2. The van der Waals surface area contributed by atoms with Gasteiger partial charge >= 0.3 is 37.9 Å². The van der Waals surface area contributed by atoms with Gasteiger partial charge in [-0.25, -0.2) is 0 Å². The van der Waals surface area contributed by atoms with Gasteiger partial charge in [0.25, 0.3) is 0 Å². The number of hydrogen-bond acceptors (Lipinski definition) is 2. The van der Waals surface area contributed by atoms with Crippen LogP contribution in [-0.2, 0) is 33.7 Å². The van der Waals surface area contributed by atoms with Crippen LogP contribution in [0.15, 0.2) is 97.1 Å². The molecule has 2 atom stereocenters. The van der Waals surface area contributed by atoms with Crippen molar-refractivity contribution in [3.05, 3.63) is 153 Å². The van der Waals surface area contributed by atoms with Crippen molar-refractivity contribution >= 4 is 45.8 Å². The molecule has 0 aliphatic heterocycles. The molecule has 0 saturated heterocycles. The number of halogens is 2. The molecule has 0 fully saturated rings. The zero-order chi connectivity index (χ0) is 40.3. The molecule has 55 heavy (non-hydrogen) atoms. The Hall–Kier alpha value is -2.40. The van der Waals surface area contributed by atoms with Crippen LogP contribution in [0.4, 0.5) is 0 Å².